The lowest BCUT2D eigenvalue weighted by atomic mass is 10.2. The van der Waals surface area contributed by atoms with Crippen molar-refractivity contribution >= 4 is 43.6 Å². The zero-order chi connectivity index (χ0) is 20.1. The van der Waals surface area contributed by atoms with Crippen molar-refractivity contribution in [2.24, 2.45) is 0 Å². The quantitative estimate of drug-likeness (QED) is 0.434. The zero-order valence-corrected chi connectivity index (χ0v) is 16.3. The van der Waals surface area contributed by atoms with Crippen LogP contribution in [-0.2, 0) is 10.0 Å². The van der Waals surface area contributed by atoms with E-state index in [1.165, 1.54) is 16.1 Å². The highest BCUT2D eigenvalue weighted by atomic mass is 32.2. The van der Waals surface area contributed by atoms with Crippen LogP contribution in [0.1, 0.15) is 6.92 Å². The molecule has 0 aliphatic heterocycles. The Morgan fingerprint density at radius 1 is 1.04 bits per heavy atom. The first kappa shape index (κ1) is 18.9. The minimum Gasteiger partial charge on any atom is -0.353 e. The van der Waals surface area contributed by atoms with Crippen molar-refractivity contribution in [3.8, 4) is 11.4 Å². The molecule has 9 heteroatoms. The lowest BCUT2D eigenvalue weighted by Gasteiger charge is -2.09. The van der Waals surface area contributed by atoms with Gasteiger partial charge in [-0.05, 0) is 55.1 Å². The van der Waals surface area contributed by atoms with Gasteiger partial charge in [0, 0.05) is 21.2 Å². The first-order valence-corrected chi connectivity index (χ1v) is 10.8. The topological polar surface area (TPSA) is 54.9 Å². The van der Waals surface area contributed by atoms with Crippen LogP contribution in [-0.4, -0.2) is 28.6 Å². The number of para-hydroxylation sites is 1. The number of fused-ring (bicyclic) bond motifs is 2. The first-order chi connectivity index (χ1) is 13.2. The lowest BCUT2D eigenvalue weighted by Crippen LogP contribution is -2.15. The maximum Gasteiger partial charge on any atom is 0.446 e. The molecule has 0 bridgehead atoms. The molecule has 2 aromatic carbocycles. The molecule has 0 fully saturated rings. The Bertz CT molecular complexity index is 1290. The summed E-state index contributed by atoms with van der Waals surface area (Å²) in [7, 11) is -3.59. The van der Waals surface area contributed by atoms with Crippen molar-refractivity contribution in [2.45, 2.75) is 17.3 Å². The van der Waals surface area contributed by atoms with E-state index >= 15 is 0 Å². The molecule has 4 rings (SSSR count). The molecule has 0 unspecified atom stereocenters. The van der Waals surface area contributed by atoms with E-state index < -0.39 is 15.5 Å². The van der Waals surface area contributed by atoms with Gasteiger partial charge in [0.25, 0.3) is 0 Å². The van der Waals surface area contributed by atoms with Gasteiger partial charge in [-0.1, -0.05) is 18.2 Å². The monoisotopic (exact) mass is 424 g/mol. The van der Waals surface area contributed by atoms with E-state index in [0.29, 0.717) is 27.8 Å². The fourth-order valence-electron chi connectivity index (χ4n) is 3.19. The van der Waals surface area contributed by atoms with E-state index in [4.69, 9.17) is 0 Å². The van der Waals surface area contributed by atoms with Crippen molar-refractivity contribution in [1.29, 1.82) is 0 Å². The summed E-state index contributed by atoms with van der Waals surface area (Å²) in [4.78, 5) is 3.20. The molecule has 0 spiro atoms. The number of aromatic amines is 1. The van der Waals surface area contributed by atoms with Gasteiger partial charge in [-0.15, -0.1) is 0 Å². The highest BCUT2D eigenvalue weighted by Crippen LogP contribution is 2.39. The van der Waals surface area contributed by atoms with Crippen LogP contribution in [0.25, 0.3) is 33.2 Å². The van der Waals surface area contributed by atoms with Crippen LogP contribution in [0.3, 0.4) is 0 Å². The summed E-state index contributed by atoms with van der Waals surface area (Å²) in [6, 6.07) is 15.0. The lowest BCUT2D eigenvalue weighted by molar-refractivity contribution is -0.0328. The number of nitrogens with one attached hydrogen (secondary N) is 1. The van der Waals surface area contributed by atoms with Crippen molar-refractivity contribution in [1.82, 2.24) is 8.96 Å². The Morgan fingerprint density at radius 3 is 2.50 bits per heavy atom. The van der Waals surface area contributed by atoms with E-state index in [1.807, 2.05) is 12.1 Å². The maximum atomic E-state index is 12.7. The van der Waals surface area contributed by atoms with Crippen LogP contribution in [0.15, 0.2) is 59.5 Å². The van der Waals surface area contributed by atoms with E-state index in [1.54, 1.807) is 37.3 Å². The second-order valence-corrected chi connectivity index (χ2v) is 9.48. The third-order valence-corrected chi connectivity index (χ3v) is 6.81. The van der Waals surface area contributed by atoms with Gasteiger partial charge in [0.2, 0.25) is 10.0 Å². The third kappa shape index (κ3) is 3.40. The van der Waals surface area contributed by atoms with Gasteiger partial charge in [0.05, 0.1) is 22.7 Å². The number of nitrogens with zero attached hydrogens (tertiary/aromatic N) is 1. The maximum absolute atomic E-state index is 12.7. The predicted molar refractivity (Wildman–Crippen MR) is 106 cm³/mol. The minimum absolute atomic E-state index is 0.0762. The second kappa shape index (κ2) is 6.59. The summed E-state index contributed by atoms with van der Waals surface area (Å²) in [6.45, 7) is 1.57. The van der Waals surface area contributed by atoms with Gasteiger partial charge in [-0.25, -0.2) is 12.4 Å². The molecule has 0 atom stereocenters. The normalized spacial score (nSPS) is 12.9. The number of benzene rings is 2. The molecule has 4 aromatic rings. The smallest absolute Gasteiger partial charge is 0.353 e. The van der Waals surface area contributed by atoms with E-state index in [0.717, 1.165) is 5.39 Å². The van der Waals surface area contributed by atoms with Crippen LogP contribution in [0.4, 0.5) is 13.2 Å². The van der Waals surface area contributed by atoms with E-state index in [-0.39, 0.29) is 22.4 Å². The number of rotatable bonds is 4. The summed E-state index contributed by atoms with van der Waals surface area (Å²) >= 11 is -0.179. The highest BCUT2D eigenvalue weighted by Gasteiger charge is 2.29. The van der Waals surface area contributed by atoms with Gasteiger partial charge in [-0.2, -0.15) is 13.2 Å². The molecule has 0 saturated carbocycles. The van der Waals surface area contributed by atoms with E-state index in [2.05, 4.69) is 4.98 Å². The number of hydrogen-bond acceptors (Lipinski definition) is 3. The summed E-state index contributed by atoms with van der Waals surface area (Å²) in [5.41, 5.74) is -2.20. The third-order valence-electron chi connectivity index (χ3n) is 4.41. The van der Waals surface area contributed by atoms with Gasteiger partial charge >= 0.3 is 5.51 Å². The molecule has 0 aliphatic carbocycles. The van der Waals surface area contributed by atoms with E-state index in [9.17, 15) is 21.6 Å². The number of halogens is 3. The number of H-pyrrole nitrogens is 1. The van der Waals surface area contributed by atoms with Crippen LogP contribution < -0.4 is 0 Å². The molecule has 4 nitrogen and oxygen atoms in total. The minimum atomic E-state index is -4.37. The zero-order valence-electron chi connectivity index (χ0n) is 14.6. The SMILES string of the molecule is CCS(=O)(=O)n1c(-c2cc3cc(SC(F)(F)F)ccc3[nH]2)cc2ccccc21. The second-order valence-electron chi connectivity index (χ2n) is 6.23. The molecule has 2 heterocycles. The Hall–Kier alpha value is -2.39. The molecular formula is C19H15F3N2O2S2. The fourth-order valence-corrected chi connectivity index (χ4v) is 4.96. The van der Waals surface area contributed by atoms with Crippen molar-refractivity contribution in [3.05, 3.63) is 54.6 Å². The van der Waals surface area contributed by atoms with Gasteiger partial charge in [-0.3, -0.25) is 0 Å². The Labute approximate surface area is 163 Å². The fraction of sp³-hybridized carbons (Fsp3) is 0.158. The summed E-state index contributed by atoms with van der Waals surface area (Å²) in [6.07, 6.45) is 0. The number of thioether (sulfide) groups is 1. The molecule has 2 aromatic heterocycles. The average molecular weight is 424 g/mol. The summed E-state index contributed by atoms with van der Waals surface area (Å²) in [5, 5.41) is 1.34. The van der Waals surface area contributed by atoms with Crippen molar-refractivity contribution < 1.29 is 21.6 Å². The molecular weight excluding hydrogens is 409 g/mol. The Kier molecular flexibility index (Phi) is 4.46. The first-order valence-electron chi connectivity index (χ1n) is 8.40. The standard InChI is InChI=1S/C19H15F3N2O2S2/c1-2-28(25,26)24-17-6-4-3-5-12(17)11-18(24)16-10-13-9-14(27-19(20,21)22)7-8-15(13)23-16/h3-11,23H,2H2,1H3. The average Bonchev–Trinajstić information content (AvgIpc) is 3.21. The summed E-state index contributed by atoms with van der Waals surface area (Å²) < 4.78 is 64.6. The molecule has 0 radical (unpaired) electrons. The number of alkyl halides is 3. The van der Waals surface area contributed by atoms with Crippen LogP contribution in [0.5, 0.6) is 0 Å². The molecule has 0 aliphatic rings. The van der Waals surface area contributed by atoms with Crippen molar-refractivity contribution in [2.75, 3.05) is 5.75 Å². The number of aromatic nitrogens is 2. The van der Waals surface area contributed by atoms with Crippen LogP contribution in [0, 0.1) is 0 Å². The molecule has 1 N–H and O–H groups in total. The van der Waals surface area contributed by atoms with Crippen LogP contribution in [0.2, 0.25) is 0 Å². The molecule has 28 heavy (non-hydrogen) atoms. The van der Waals surface area contributed by atoms with Gasteiger partial charge in [0.1, 0.15) is 0 Å². The van der Waals surface area contributed by atoms with Gasteiger partial charge < -0.3 is 4.98 Å². The van der Waals surface area contributed by atoms with Crippen molar-refractivity contribution in [3.63, 3.8) is 0 Å². The Morgan fingerprint density at radius 2 is 1.79 bits per heavy atom. The molecule has 146 valence electrons. The predicted octanol–water partition coefficient (Wildman–Crippen LogP) is 5.60. The molecule has 0 amide bonds. The highest BCUT2D eigenvalue weighted by molar-refractivity contribution is 8.00. The largest absolute Gasteiger partial charge is 0.446 e. The summed E-state index contributed by atoms with van der Waals surface area (Å²) in [5.74, 6) is -0.0781. The number of hydrogen-bond donors (Lipinski definition) is 1. The van der Waals surface area contributed by atoms with Crippen LogP contribution >= 0.6 is 11.8 Å². The Balaban J connectivity index is 1.91. The van der Waals surface area contributed by atoms with Gasteiger partial charge in [0.15, 0.2) is 0 Å². The molecule has 0 saturated heterocycles.